The number of alkyl halides is 3. The molecule has 0 saturated carbocycles. The maximum Gasteiger partial charge on any atom is 0.534 e. The van der Waals surface area contributed by atoms with E-state index in [4.69, 9.17) is 0 Å². The molecular formula is C32H41F4N3O4S. The highest BCUT2D eigenvalue weighted by Gasteiger charge is 2.48. The van der Waals surface area contributed by atoms with Gasteiger partial charge in [0.25, 0.3) is 5.91 Å². The maximum atomic E-state index is 15.4. The van der Waals surface area contributed by atoms with Crippen LogP contribution in [0.15, 0.2) is 65.8 Å². The molecule has 2 aliphatic heterocycles. The number of likely N-dealkylation sites (tertiary alicyclic amines) is 1. The van der Waals surface area contributed by atoms with Crippen LogP contribution in [0.4, 0.5) is 17.6 Å². The summed E-state index contributed by atoms with van der Waals surface area (Å²) < 4.78 is 79.3. The Labute approximate surface area is 258 Å². The van der Waals surface area contributed by atoms with Gasteiger partial charge in [0.1, 0.15) is 23.1 Å². The largest absolute Gasteiger partial charge is 0.534 e. The summed E-state index contributed by atoms with van der Waals surface area (Å²) in [6.07, 6.45) is 10.1. The number of halogens is 4. The van der Waals surface area contributed by atoms with Crippen LogP contribution >= 0.6 is 0 Å². The van der Waals surface area contributed by atoms with Gasteiger partial charge in [-0.2, -0.15) is 21.6 Å². The van der Waals surface area contributed by atoms with Crippen molar-refractivity contribution in [2.24, 2.45) is 4.99 Å². The lowest BCUT2D eigenvalue weighted by Gasteiger charge is -2.31. The summed E-state index contributed by atoms with van der Waals surface area (Å²) >= 11 is 0. The molecule has 2 heterocycles. The number of allylic oxidation sites excluding steroid dienone is 4. The number of rotatable bonds is 8. The van der Waals surface area contributed by atoms with E-state index in [1.165, 1.54) is 25.1 Å². The topological polar surface area (TPSA) is 79.3 Å². The van der Waals surface area contributed by atoms with Gasteiger partial charge in [0.05, 0.1) is 0 Å². The monoisotopic (exact) mass is 639 g/mol. The van der Waals surface area contributed by atoms with Crippen molar-refractivity contribution in [2.75, 3.05) is 13.6 Å². The molecule has 12 heteroatoms. The molecule has 1 fully saturated rings. The van der Waals surface area contributed by atoms with Gasteiger partial charge in [0, 0.05) is 30.9 Å². The summed E-state index contributed by atoms with van der Waals surface area (Å²) in [4.78, 5) is 21.8. The third-order valence-corrected chi connectivity index (χ3v) is 8.23. The molecule has 1 aromatic carbocycles. The van der Waals surface area contributed by atoms with E-state index in [0.29, 0.717) is 24.5 Å². The molecule has 3 rings (SSSR count). The van der Waals surface area contributed by atoms with Crippen LogP contribution in [-0.4, -0.2) is 55.0 Å². The zero-order valence-corrected chi connectivity index (χ0v) is 26.9. The van der Waals surface area contributed by atoms with Gasteiger partial charge >= 0.3 is 15.6 Å². The molecule has 1 amide bonds. The van der Waals surface area contributed by atoms with Gasteiger partial charge in [0.15, 0.2) is 0 Å². The SMILES string of the molecule is C=C(/C=C\c1ccc(C(=C)/C=C2/N=C(C(=O)N3CCCCCC3C)C=C(CC)N2C)c(F)c1C)OS(=O)(=O)C(F)(F)F.CC. The summed E-state index contributed by atoms with van der Waals surface area (Å²) in [6, 6.07) is 3.04. The molecule has 0 aromatic heterocycles. The molecule has 1 saturated heterocycles. The van der Waals surface area contributed by atoms with Crippen molar-refractivity contribution in [1.82, 2.24) is 9.80 Å². The van der Waals surface area contributed by atoms with Crippen LogP contribution < -0.4 is 0 Å². The van der Waals surface area contributed by atoms with Gasteiger partial charge < -0.3 is 14.0 Å². The molecule has 242 valence electrons. The highest BCUT2D eigenvalue weighted by Crippen LogP contribution is 2.30. The quantitative estimate of drug-likeness (QED) is 0.0951. The molecule has 0 aliphatic carbocycles. The zero-order valence-electron chi connectivity index (χ0n) is 26.1. The van der Waals surface area contributed by atoms with Gasteiger partial charge in [-0.05, 0) is 68.0 Å². The van der Waals surface area contributed by atoms with E-state index in [2.05, 4.69) is 22.3 Å². The van der Waals surface area contributed by atoms with Crippen LogP contribution in [-0.2, 0) is 19.1 Å². The summed E-state index contributed by atoms with van der Waals surface area (Å²) in [5.41, 5.74) is -3.60. The van der Waals surface area contributed by atoms with E-state index in [9.17, 15) is 26.4 Å². The predicted octanol–water partition coefficient (Wildman–Crippen LogP) is 7.88. The molecule has 1 atom stereocenters. The van der Waals surface area contributed by atoms with Gasteiger partial charge in [0.2, 0.25) is 0 Å². The highest BCUT2D eigenvalue weighted by atomic mass is 32.2. The number of carbonyl (C=O) groups excluding carboxylic acids is 1. The molecule has 0 radical (unpaired) electrons. The second-order valence-electron chi connectivity index (χ2n) is 10.2. The molecule has 1 aromatic rings. The zero-order chi connectivity index (χ0) is 33.4. The van der Waals surface area contributed by atoms with Crippen molar-refractivity contribution in [3.8, 4) is 0 Å². The van der Waals surface area contributed by atoms with E-state index >= 15 is 4.39 Å². The van der Waals surface area contributed by atoms with E-state index in [0.717, 1.165) is 37.5 Å². The summed E-state index contributed by atoms with van der Waals surface area (Å²) in [6.45, 7) is 17.3. The van der Waals surface area contributed by atoms with Crippen molar-refractivity contribution in [1.29, 1.82) is 0 Å². The second-order valence-corrected chi connectivity index (χ2v) is 11.7. The van der Waals surface area contributed by atoms with E-state index in [1.807, 2.05) is 37.5 Å². The maximum absolute atomic E-state index is 15.4. The standard InChI is InChI=1S/C30H35F4N3O4S.C2H6/c1-7-24-18-26(29(38)37-16-10-8-9-11-20(37)3)35-27(36(24)6)17-19(2)25-15-14-23(22(5)28(25)31)13-12-21(4)41-42(39,40)30(32,33)34;1-2/h12-15,17-18,20H,2,4,7-11,16H2,1,3,5-6H3;1-2H3/b13-12-,27-17-;. The van der Waals surface area contributed by atoms with E-state index in [-0.39, 0.29) is 34.2 Å². The summed E-state index contributed by atoms with van der Waals surface area (Å²) in [7, 11) is -4.07. The number of nitrogens with zero attached hydrogens (tertiary/aromatic N) is 3. The first-order chi connectivity index (χ1) is 20.6. The Bertz CT molecular complexity index is 1490. The van der Waals surface area contributed by atoms with E-state index < -0.39 is 27.2 Å². The fourth-order valence-corrected chi connectivity index (χ4v) is 5.13. The minimum absolute atomic E-state index is 0.102. The minimum atomic E-state index is -5.87. The Balaban J connectivity index is 0.00000330. The number of amides is 1. The van der Waals surface area contributed by atoms with Crippen molar-refractivity contribution < 1.29 is 35.0 Å². The molecule has 0 spiro atoms. The molecule has 0 N–H and O–H groups in total. The first kappa shape index (κ1) is 36.5. The van der Waals surface area contributed by atoms with Gasteiger partial charge in [-0.3, -0.25) is 4.79 Å². The first-order valence-electron chi connectivity index (χ1n) is 14.5. The Kier molecular flexibility index (Phi) is 12.8. The minimum Gasteiger partial charge on any atom is -0.377 e. The predicted molar refractivity (Wildman–Crippen MR) is 167 cm³/mol. The van der Waals surface area contributed by atoms with Crippen molar-refractivity contribution in [2.45, 2.75) is 78.3 Å². The van der Waals surface area contributed by atoms with Crippen LogP contribution in [0, 0.1) is 12.7 Å². The fourth-order valence-electron chi connectivity index (χ4n) is 4.69. The van der Waals surface area contributed by atoms with Crippen molar-refractivity contribution in [3.63, 3.8) is 0 Å². The van der Waals surface area contributed by atoms with Crippen LogP contribution in [0.5, 0.6) is 0 Å². The molecule has 44 heavy (non-hydrogen) atoms. The van der Waals surface area contributed by atoms with Crippen LogP contribution in [0.1, 0.15) is 76.5 Å². The molecular weight excluding hydrogens is 598 g/mol. The molecule has 2 aliphatic rings. The average molecular weight is 640 g/mol. The summed E-state index contributed by atoms with van der Waals surface area (Å²) in [5, 5.41) is 0. The van der Waals surface area contributed by atoms with Crippen LogP contribution in [0.2, 0.25) is 0 Å². The number of aliphatic imine (C=N–C) groups is 1. The normalized spacial score (nSPS) is 18.7. The lowest BCUT2D eigenvalue weighted by Crippen LogP contribution is -2.43. The molecule has 7 nitrogen and oxygen atoms in total. The van der Waals surface area contributed by atoms with E-state index in [1.54, 1.807) is 19.2 Å². The Morgan fingerprint density at radius 2 is 1.84 bits per heavy atom. The number of carbonyl (C=O) groups is 1. The second kappa shape index (κ2) is 15.4. The first-order valence-corrected chi connectivity index (χ1v) is 15.9. The highest BCUT2D eigenvalue weighted by molar-refractivity contribution is 7.87. The third kappa shape index (κ3) is 8.71. The lowest BCUT2D eigenvalue weighted by atomic mass is 9.98. The summed E-state index contributed by atoms with van der Waals surface area (Å²) in [5.74, 6) is -1.16. The lowest BCUT2D eigenvalue weighted by molar-refractivity contribution is -0.125. The molecule has 0 bridgehead atoms. The Morgan fingerprint density at radius 1 is 1.18 bits per heavy atom. The number of hydrogen-bond acceptors (Lipinski definition) is 6. The van der Waals surface area contributed by atoms with Crippen LogP contribution in [0.3, 0.4) is 0 Å². The van der Waals surface area contributed by atoms with Gasteiger partial charge in [-0.25, -0.2) is 9.38 Å². The smallest absolute Gasteiger partial charge is 0.377 e. The average Bonchev–Trinajstić information content (AvgIpc) is 3.18. The van der Waals surface area contributed by atoms with Gasteiger partial charge in [-0.15, -0.1) is 0 Å². The third-order valence-electron chi connectivity index (χ3n) is 7.23. The fraction of sp³-hybridized carbons (Fsp3) is 0.438. The number of benzene rings is 1. The van der Waals surface area contributed by atoms with Gasteiger partial charge in [-0.1, -0.05) is 65.0 Å². The number of hydrogen-bond donors (Lipinski definition) is 0. The van der Waals surface area contributed by atoms with Crippen LogP contribution in [0.25, 0.3) is 11.6 Å². The molecule has 1 unspecified atom stereocenters. The Hall–Kier alpha value is -3.67. The Morgan fingerprint density at radius 3 is 2.45 bits per heavy atom. The van der Waals surface area contributed by atoms with Crippen molar-refractivity contribution >= 4 is 33.4 Å². The van der Waals surface area contributed by atoms with Crippen molar-refractivity contribution in [3.05, 3.63) is 83.3 Å².